The fraction of sp³-hybridized carbons (Fsp3) is 0.875. The third-order valence-electron chi connectivity index (χ3n) is 2.67. The molecule has 4 heteroatoms. The van der Waals surface area contributed by atoms with Crippen LogP contribution in [0.3, 0.4) is 0 Å². The smallest absolute Gasteiger partial charge is 0.198 e. The molecule has 1 aliphatic carbocycles. The molecule has 0 aromatic heterocycles. The van der Waals surface area contributed by atoms with E-state index in [2.05, 4.69) is 0 Å². The van der Waals surface area contributed by atoms with E-state index < -0.39 is 5.60 Å². The number of hydrogen-bond acceptors (Lipinski definition) is 4. The molecule has 68 valence electrons. The number of methoxy groups -OCH3 is 1. The van der Waals surface area contributed by atoms with Gasteiger partial charge in [0.05, 0.1) is 13.2 Å². The number of ether oxygens (including phenoxy) is 3. The van der Waals surface area contributed by atoms with Crippen LogP contribution in [0.2, 0.25) is 0 Å². The number of carbonyl (C=O) groups is 1. The molecule has 1 aliphatic heterocycles. The highest BCUT2D eigenvalue weighted by atomic mass is 16.6. The molecule has 1 saturated heterocycles. The summed E-state index contributed by atoms with van der Waals surface area (Å²) in [5.41, 5.74) is -0.773. The molecule has 0 N–H and O–H groups in total. The zero-order chi connectivity index (χ0) is 8.77. The fourth-order valence-corrected chi connectivity index (χ4v) is 1.73. The van der Waals surface area contributed by atoms with Crippen molar-refractivity contribution in [3.8, 4) is 0 Å². The molecule has 0 radical (unpaired) electrons. The van der Waals surface area contributed by atoms with Gasteiger partial charge in [-0.1, -0.05) is 0 Å². The molecule has 0 bridgehead atoms. The van der Waals surface area contributed by atoms with E-state index in [4.69, 9.17) is 14.2 Å². The van der Waals surface area contributed by atoms with Gasteiger partial charge in [-0.3, -0.25) is 4.79 Å². The van der Waals surface area contributed by atoms with Crippen LogP contribution >= 0.6 is 0 Å². The van der Waals surface area contributed by atoms with Crippen molar-refractivity contribution >= 4 is 5.78 Å². The van der Waals surface area contributed by atoms with Crippen molar-refractivity contribution in [3.63, 3.8) is 0 Å². The van der Waals surface area contributed by atoms with E-state index in [1.165, 1.54) is 7.11 Å². The Labute approximate surface area is 70.8 Å². The Bertz CT molecular complexity index is 215. The highest BCUT2D eigenvalue weighted by Gasteiger charge is 2.62. The third kappa shape index (κ3) is 0.800. The van der Waals surface area contributed by atoms with Crippen LogP contribution in [-0.4, -0.2) is 43.9 Å². The summed E-state index contributed by atoms with van der Waals surface area (Å²) in [5.74, 6) is -0.00491. The standard InChI is InChI=1S/C8H12O4/c1-8(10-2)6(9)5-7(8)12-4-3-11-5/h5,7H,3-4H2,1-2H3. The Kier molecular flexibility index (Phi) is 1.71. The molecule has 0 aromatic rings. The zero-order valence-electron chi connectivity index (χ0n) is 7.20. The molecule has 1 heterocycles. The van der Waals surface area contributed by atoms with Gasteiger partial charge in [0.2, 0.25) is 0 Å². The molecule has 12 heavy (non-hydrogen) atoms. The molecule has 4 nitrogen and oxygen atoms in total. The first-order valence-corrected chi connectivity index (χ1v) is 4.03. The molecule has 2 rings (SSSR count). The second-order valence-corrected chi connectivity index (χ2v) is 3.26. The molecular weight excluding hydrogens is 160 g/mol. The Morgan fingerprint density at radius 1 is 1.50 bits per heavy atom. The van der Waals surface area contributed by atoms with Crippen LogP contribution in [0.4, 0.5) is 0 Å². The zero-order valence-corrected chi connectivity index (χ0v) is 7.20. The number of rotatable bonds is 1. The van der Waals surface area contributed by atoms with Gasteiger partial charge in [-0.05, 0) is 6.92 Å². The summed E-state index contributed by atoms with van der Waals surface area (Å²) in [6, 6.07) is 0. The summed E-state index contributed by atoms with van der Waals surface area (Å²) in [6.07, 6.45) is -0.590. The van der Waals surface area contributed by atoms with Gasteiger partial charge in [-0.25, -0.2) is 0 Å². The van der Waals surface area contributed by atoms with Crippen molar-refractivity contribution in [3.05, 3.63) is 0 Å². The van der Waals surface area contributed by atoms with E-state index in [1.54, 1.807) is 6.92 Å². The van der Waals surface area contributed by atoms with E-state index in [0.29, 0.717) is 13.2 Å². The van der Waals surface area contributed by atoms with E-state index in [-0.39, 0.29) is 18.0 Å². The van der Waals surface area contributed by atoms with Gasteiger partial charge in [0, 0.05) is 7.11 Å². The van der Waals surface area contributed by atoms with Crippen molar-refractivity contribution in [1.82, 2.24) is 0 Å². The van der Waals surface area contributed by atoms with Crippen LogP contribution in [0.15, 0.2) is 0 Å². The van der Waals surface area contributed by atoms with E-state index >= 15 is 0 Å². The van der Waals surface area contributed by atoms with E-state index in [1.807, 2.05) is 0 Å². The van der Waals surface area contributed by atoms with Gasteiger partial charge in [0.25, 0.3) is 0 Å². The first-order valence-electron chi connectivity index (χ1n) is 4.03. The largest absolute Gasteiger partial charge is 0.369 e. The number of ketones is 1. The lowest BCUT2D eigenvalue weighted by Gasteiger charge is -2.50. The molecule has 0 aromatic carbocycles. The summed E-state index contributed by atoms with van der Waals surface area (Å²) in [7, 11) is 1.52. The van der Waals surface area contributed by atoms with Crippen LogP contribution in [0.25, 0.3) is 0 Å². The van der Waals surface area contributed by atoms with E-state index in [0.717, 1.165) is 0 Å². The first kappa shape index (κ1) is 8.16. The first-order chi connectivity index (χ1) is 5.70. The molecular formula is C8H12O4. The Hall–Kier alpha value is -0.450. The minimum atomic E-state index is -0.773. The van der Waals surface area contributed by atoms with Gasteiger partial charge in [-0.15, -0.1) is 0 Å². The maximum Gasteiger partial charge on any atom is 0.198 e. The molecule has 0 amide bonds. The summed E-state index contributed by atoms with van der Waals surface area (Å²) in [4.78, 5) is 11.4. The van der Waals surface area contributed by atoms with Crippen molar-refractivity contribution in [2.24, 2.45) is 0 Å². The normalized spacial score (nSPS) is 46.7. The highest BCUT2D eigenvalue weighted by Crippen LogP contribution is 2.37. The van der Waals surface area contributed by atoms with Gasteiger partial charge in [0.1, 0.15) is 12.2 Å². The lowest BCUT2D eigenvalue weighted by atomic mass is 9.73. The summed E-state index contributed by atoms with van der Waals surface area (Å²) in [6.45, 7) is 2.80. The average Bonchev–Trinajstić information content (AvgIpc) is 2.16. The van der Waals surface area contributed by atoms with Crippen LogP contribution in [-0.2, 0) is 19.0 Å². The molecule has 1 saturated carbocycles. The maximum atomic E-state index is 11.4. The van der Waals surface area contributed by atoms with E-state index in [9.17, 15) is 4.79 Å². The summed E-state index contributed by atoms with van der Waals surface area (Å²) >= 11 is 0. The third-order valence-corrected chi connectivity index (χ3v) is 2.67. The molecule has 2 fully saturated rings. The lowest BCUT2D eigenvalue weighted by Crippen LogP contribution is -2.73. The average molecular weight is 172 g/mol. The van der Waals surface area contributed by atoms with Crippen LogP contribution in [0.5, 0.6) is 0 Å². The van der Waals surface area contributed by atoms with Crippen molar-refractivity contribution < 1.29 is 19.0 Å². The van der Waals surface area contributed by atoms with Crippen molar-refractivity contribution in [2.75, 3.05) is 20.3 Å². The monoisotopic (exact) mass is 172 g/mol. The summed E-state index contributed by atoms with van der Waals surface area (Å²) in [5, 5.41) is 0. The minimum Gasteiger partial charge on any atom is -0.369 e. The Morgan fingerprint density at radius 2 is 2.17 bits per heavy atom. The molecule has 3 unspecified atom stereocenters. The van der Waals surface area contributed by atoms with Crippen LogP contribution in [0, 0.1) is 0 Å². The van der Waals surface area contributed by atoms with Crippen LogP contribution < -0.4 is 0 Å². The van der Waals surface area contributed by atoms with Gasteiger partial charge < -0.3 is 14.2 Å². The predicted octanol–water partition coefficient (Wildman–Crippen LogP) is -0.242. The molecule has 3 atom stereocenters. The second-order valence-electron chi connectivity index (χ2n) is 3.26. The number of Topliss-reactive ketones (excluding diaryl/α,β-unsaturated/α-hetero) is 1. The summed E-state index contributed by atoms with van der Waals surface area (Å²) < 4.78 is 15.7. The quantitative estimate of drug-likeness (QED) is 0.547. The Balaban J connectivity index is 2.15. The number of hydrogen-bond donors (Lipinski definition) is 0. The lowest BCUT2D eigenvalue weighted by molar-refractivity contribution is -0.255. The SMILES string of the molecule is COC1(C)C(=O)C2OCCOC21. The van der Waals surface area contributed by atoms with Crippen molar-refractivity contribution in [1.29, 1.82) is 0 Å². The fourth-order valence-electron chi connectivity index (χ4n) is 1.73. The molecule has 0 spiro atoms. The van der Waals surface area contributed by atoms with Crippen LogP contribution in [0.1, 0.15) is 6.92 Å². The maximum absolute atomic E-state index is 11.4. The van der Waals surface area contributed by atoms with Gasteiger partial charge in [-0.2, -0.15) is 0 Å². The number of fused-ring (bicyclic) bond motifs is 1. The second kappa shape index (κ2) is 2.52. The minimum absolute atomic E-state index is 0.00491. The number of carbonyl (C=O) groups excluding carboxylic acids is 1. The van der Waals surface area contributed by atoms with Gasteiger partial charge >= 0.3 is 0 Å². The highest BCUT2D eigenvalue weighted by molar-refractivity contribution is 5.99. The predicted molar refractivity (Wildman–Crippen MR) is 39.9 cm³/mol. The Morgan fingerprint density at radius 3 is 2.83 bits per heavy atom. The van der Waals surface area contributed by atoms with Gasteiger partial charge in [0.15, 0.2) is 11.4 Å². The topological polar surface area (TPSA) is 44.8 Å². The van der Waals surface area contributed by atoms with Crippen molar-refractivity contribution in [2.45, 2.75) is 24.7 Å². The molecule has 2 aliphatic rings.